The summed E-state index contributed by atoms with van der Waals surface area (Å²) in [6.07, 6.45) is 19.4. The van der Waals surface area contributed by atoms with Crippen LogP contribution in [-0.2, 0) is 0 Å². The van der Waals surface area contributed by atoms with E-state index in [0.717, 1.165) is 55.9 Å². The summed E-state index contributed by atoms with van der Waals surface area (Å²) < 4.78 is 0. The molecule has 0 unspecified atom stereocenters. The number of fused-ring (bicyclic) bond motifs is 6. The van der Waals surface area contributed by atoms with Crippen LogP contribution in [0.3, 0.4) is 0 Å². The lowest BCUT2D eigenvalue weighted by atomic mass is 9.87. The van der Waals surface area contributed by atoms with E-state index in [1.54, 1.807) is 0 Å². The van der Waals surface area contributed by atoms with Crippen molar-refractivity contribution < 1.29 is 0 Å². The molecule has 0 aliphatic carbocycles. The van der Waals surface area contributed by atoms with Gasteiger partial charge in [-0.25, -0.2) is 0 Å². The van der Waals surface area contributed by atoms with Crippen molar-refractivity contribution in [1.82, 2.24) is 29.9 Å². The van der Waals surface area contributed by atoms with Crippen molar-refractivity contribution in [2.24, 2.45) is 0 Å². The van der Waals surface area contributed by atoms with Gasteiger partial charge in [-0.15, -0.1) is 0 Å². The molecule has 6 nitrogen and oxygen atoms in total. The maximum atomic E-state index is 4.82. The van der Waals surface area contributed by atoms with Gasteiger partial charge < -0.3 is 0 Å². The molecule has 0 aliphatic rings. The zero-order valence-corrected chi connectivity index (χ0v) is 57.9. The first kappa shape index (κ1) is 63.8. The van der Waals surface area contributed by atoms with Gasteiger partial charge in [0.2, 0.25) is 0 Å². The van der Waals surface area contributed by atoms with Crippen LogP contribution in [0.25, 0.3) is 165 Å². The molecular weight excluding hydrogens is 1240 g/mol. The Hall–Kier alpha value is -12.9. The highest BCUT2D eigenvalue weighted by Crippen LogP contribution is 2.44. The fraction of sp³-hybridized carbons (Fsp3) is 0.0625. The van der Waals surface area contributed by atoms with Crippen LogP contribution in [0.15, 0.2) is 329 Å². The van der Waals surface area contributed by atoms with Crippen LogP contribution in [0.5, 0.6) is 0 Å². The molecule has 0 atom stereocenters. The molecule has 18 rings (SSSR count). The van der Waals surface area contributed by atoms with Crippen LogP contribution in [-0.4, -0.2) is 29.9 Å². The lowest BCUT2D eigenvalue weighted by Gasteiger charge is -2.17. The van der Waals surface area contributed by atoms with Crippen LogP contribution in [0.2, 0.25) is 0 Å². The van der Waals surface area contributed by atoms with E-state index in [2.05, 4.69) is 328 Å². The second kappa shape index (κ2) is 27.8. The summed E-state index contributed by atoms with van der Waals surface area (Å²) in [5.74, 6) is 0. The van der Waals surface area contributed by atoms with E-state index in [9.17, 15) is 0 Å². The molecule has 6 aromatic heterocycles. The molecule has 12 aromatic carbocycles. The molecule has 18 aromatic rings. The molecule has 0 spiro atoms. The minimum absolute atomic E-state index is 0.986. The Morgan fingerprint density at radius 2 is 0.441 bits per heavy atom. The van der Waals surface area contributed by atoms with Crippen LogP contribution in [0.1, 0.15) is 33.4 Å². The largest absolute Gasteiger partial charge is 0.264 e. The molecule has 6 heterocycles. The summed E-state index contributed by atoms with van der Waals surface area (Å²) in [7, 11) is 0. The molecule has 0 bridgehead atoms. The molecule has 486 valence electrons. The standard InChI is InChI=1S/3C32H24N2/c1-21-7-3-9-23-11-5-13-29(31(21)23)27-15-25(17-33-19-27)26-16-28(20-34-18-26)30-14-6-12-24-10-4-8-22(2)32(24)30;1-21-7-3-9-23-11-5-13-27(31(21)23)25-15-17-33-19-29(25)30-20-34-18-16-26(30)28-14-6-12-24-10-4-8-22(2)32(24)28;1-21-7-3-9-23-11-5-13-27(31(21)23)29-17-15-25(19-33-29)26-16-18-30(34-20-26)28-14-6-12-24-10-4-8-22(2)32(24)28/h3*3-20H,1-2H3. The summed E-state index contributed by atoms with van der Waals surface area (Å²) in [5.41, 5.74) is 27.8. The number of hydrogen-bond donors (Lipinski definition) is 0. The van der Waals surface area contributed by atoms with E-state index in [1.807, 2.05) is 62.0 Å². The molecule has 0 saturated carbocycles. The van der Waals surface area contributed by atoms with Crippen molar-refractivity contribution in [3.63, 3.8) is 0 Å². The third-order valence-corrected chi connectivity index (χ3v) is 20.0. The Balaban J connectivity index is 0.000000118. The van der Waals surface area contributed by atoms with Crippen molar-refractivity contribution in [2.45, 2.75) is 41.5 Å². The van der Waals surface area contributed by atoms with E-state index >= 15 is 0 Å². The summed E-state index contributed by atoms with van der Waals surface area (Å²) in [6, 6.07) is 94.8. The summed E-state index contributed by atoms with van der Waals surface area (Å²) >= 11 is 0. The Morgan fingerprint density at radius 3 is 0.745 bits per heavy atom. The number of rotatable bonds is 9. The van der Waals surface area contributed by atoms with Gasteiger partial charge in [0, 0.05) is 118 Å². The number of pyridine rings is 6. The van der Waals surface area contributed by atoms with Gasteiger partial charge in [0.05, 0.1) is 11.4 Å². The predicted molar refractivity (Wildman–Crippen MR) is 428 cm³/mol. The fourth-order valence-electron chi connectivity index (χ4n) is 15.2. The average molecular weight is 1310 g/mol. The first-order valence-electron chi connectivity index (χ1n) is 34.7. The molecule has 0 fully saturated rings. The molecule has 6 heteroatoms. The maximum absolute atomic E-state index is 4.82. The summed E-state index contributed by atoms with van der Waals surface area (Å²) in [5, 5.41) is 15.1. The van der Waals surface area contributed by atoms with Gasteiger partial charge >= 0.3 is 0 Å². The maximum Gasteiger partial charge on any atom is 0.0708 e. The molecular formula is C96H72N6. The first-order chi connectivity index (χ1) is 50.1. The summed E-state index contributed by atoms with van der Waals surface area (Å²) in [4.78, 5) is 27.9. The molecule has 0 saturated heterocycles. The van der Waals surface area contributed by atoms with E-state index in [0.29, 0.717) is 0 Å². The molecule has 0 radical (unpaired) electrons. The number of aryl methyl sites for hydroxylation is 6. The van der Waals surface area contributed by atoms with Crippen molar-refractivity contribution in [1.29, 1.82) is 0 Å². The number of nitrogens with zero attached hydrogens (tertiary/aromatic N) is 6. The first-order valence-corrected chi connectivity index (χ1v) is 34.7. The molecule has 0 N–H and O–H groups in total. The smallest absolute Gasteiger partial charge is 0.0708 e. The van der Waals surface area contributed by atoms with Crippen molar-refractivity contribution in [3.8, 4) is 100 Å². The quantitative estimate of drug-likeness (QED) is 0.143. The van der Waals surface area contributed by atoms with Gasteiger partial charge in [-0.1, -0.05) is 231 Å². The van der Waals surface area contributed by atoms with Gasteiger partial charge in [-0.3, -0.25) is 29.9 Å². The van der Waals surface area contributed by atoms with Gasteiger partial charge in [-0.2, -0.15) is 0 Å². The van der Waals surface area contributed by atoms with Crippen LogP contribution in [0, 0.1) is 41.5 Å². The third kappa shape index (κ3) is 12.3. The summed E-state index contributed by atoms with van der Waals surface area (Å²) in [6.45, 7) is 13.0. The lowest BCUT2D eigenvalue weighted by Crippen LogP contribution is -1.94. The van der Waals surface area contributed by atoms with Crippen molar-refractivity contribution in [3.05, 3.63) is 362 Å². The van der Waals surface area contributed by atoms with Gasteiger partial charge in [-0.05, 0) is 209 Å². The zero-order chi connectivity index (χ0) is 69.2. The number of hydrogen-bond acceptors (Lipinski definition) is 6. The second-order valence-corrected chi connectivity index (χ2v) is 26.5. The topological polar surface area (TPSA) is 77.3 Å². The van der Waals surface area contributed by atoms with Crippen molar-refractivity contribution >= 4 is 64.6 Å². The Bertz CT molecular complexity index is 5800. The molecule has 0 aliphatic heterocycles. The number of benzene rings is 12. The van der Waals surface area contributed by atoms with Crippen LogP contribution < -0.4 is 0 Å². The molecule has 102 heavy (non-hydrogen) atoms. The third-order valence-electron chi connectivity index (χ3n) is 20.0. The normalized spacial score (nSPS) is 11.2. The average Bonchev–Trinajstić information content (AvgIpc) is 0.804. The van der Waals surface area contributed by atoms with E-state index < -0.39 is 0 Å². The lowest BCUT2D eigenvalue weighted by molar-refractivity contribution is 1.30. The fourth-order valence-corrected chi connectivity index (χ4v) is 15.2. The zero-order valence-electron chi connectivity index (χ0n) is 57.9. The van der Waals surface area contributed by atoms with E-state index in [1.165, 1.54) is 143 Å². The Labute approximate surface area is 595 Å². The Kier molecular flexibility index (Phi) is 17.4. The predicted octanol–water partition coefficient (Wildman–Crippen LogP) is 25.2. The van der Waals surface area contributed by atoms with Crippen LogP contribution in [0.4, 0.5) is 0 Å². The highest BCUT2D eigenvalue weighted by Gasteiger charge is 2.19. The van der Waals surface area contributed by atoms with E-state index in [-0.39, 0.29) is 0 Å². The van der Waals surface area contributed by atoms with Crippen LogP contribution >= 0.6 is 0 Å². The van der Waals surface area contributed by atoms with Crippen molar-refractivity contribution in [2.75, 3.05) is 0 Å². The minimum atomic E-state index is 0.986. The highest BCUT2D eigenvalue weighted by molar-refractivity contribution is 6.07. The molecule has 0 amide bonds. The SMILES string of the molecule is Cc1cccc2cccc(-c3ccc(-c4ccc(-c5cccc6cccc(C)c56)nc4)cn3)c12.Cc1cccc2cccc(-c3ccncc3-c3cnccc3-c3cccc4cccc(C)c34)c12.Cc1cccc2cccc(-c3cncc(-c4cncc(-c5cccc6cccc(C)c56)c4)c3)c12. The Morgan fingerprint density at radius 1 is 0.176 bits per heavy atom. The van der Waals surface area contributed by atoms with Gasteiger partial charge in [0.25, 0.3) is 0 Å². The monoisotopic (exact) mass is 1310 g/mol. The minimum Gasteiger partial charge on any atom is -0.264 e. The van der Waals surface area contributed by atoms with Gasteiger partial charge in [0.1, 0.15) is 0 Å². The highest BCUT2D eigenvalue weighted by atomic mass is 14.7. The second-order valence-electron chi connectivity index (χ2n) is 26.5. The van der Waals surface area contributed by atoms with E-state index in [4.69, 9.17) is 9.97 Å². The number of aromatic nitrogens is 6. The van der Waals surface area contributed by atoms with Gasteiger partial charge in [0.15, 0.2) is 0 Å².